The second-order valence-corrected chi connectivity index (χ2v) is 8.04. The Balaban J connectivity index is 1.75. The number of hydrogen-bond donors (Lipinski definition) is 1. The molecule has 0 radical (unpaired) electrons. The van der Waals surface area contributed by atoms with Crippen molar-refractivity contribution in [3.05, 3.63) is 93.0 Å². The van der Waals surface area contributed by atoms with Crippen LogP contribution < -0.4 is 15.2 Å². The molecule has 5 nitrogen and oxygen atoms in total. The molecule has 3 aromatic rings. The van der Waals surface area contributed by atoms with E-state index in [1.165, 1.54) is 0 Å². The molecule has 0 saturated heterocycles. The van der Waals surface area contributed by atoms with Crippen LogP contribution in [-0.4, -0.2) is 18.3 Å². The van der Waals surface area contributed by atoms with Gasteiger partial charge in [-0.05, 0) is 54.4 Å². The molecular formula is C24H20BrNO4. The largest absolute Gasteiger partial charge is 0.492 e. The van der Waals surface area contributed by atoms with Crippen LogP contribution in [0.3, 0.4) is 0 Å². The molecule has 0 spiro atoms. The van der Waals surface area contributed by atoms with Crippen molar-refractivity contribution in [2.75, 3.05) is 6.61 Å². The van der Waals surface area contributed by atoms with Gasteiger partial charge >= 0.3 is 0 Å². The molecule has 0 aromatic heterocycles. The summed E-state index contributed by atoms with van der Waals surface area (Å²) in [7, 11) is 0. The maximum absolute atomic E-state index is 12.2. The van der Waals surface area contributed by atoms with E-state index in [0.29, 0.717) is 35.7 Å². The van der Waals surface area contributed by atoms with Gasteiger partial charge in [-0.2, -0.15) is 0 Å². The summed E-state index contributed by atoms with van der Waals surface area (Å²) in [5.74, 6) is 0.818. The van der Waals surface area contributed by atoms with Crippen molar-refractivity contribution in [3.63, 3.8) is 0 Å². The number of hydrogen-bond acceptors (Lipinski definition) is 4. The molecule has 1 aliphatic heterocycles. The minimum absolute atomic E-state index is 0.0801. The number of carbonyl (C=O) groups is 2. The summed E-state index contributed by atoms with van der Waals surface area (Å²) in [6, 6.07) is 18.5. The summed E-state index contributed by atoms with van der Waals surface area (Å²) in [6.07, 6.45) is -0.0417. The smallest absolute Gasteiger partial charge is 0.248 e. The van der Waals surface area contributed by atoms with Crippen LogP contribution in [0.1, 0.15) is 49.9 Å². The highest BCUT2D eigenvalue weighted by atomic mass is 79.9. The number of rotatable bonds is 5. The number of benzene rings is 3. The molecule has 1 heterocycles. The minimum atomic E-state index is -0.478. The van der Waals surface area contributed by atoms with Crippen molar-refractivity contribution >= 4 is 27.6 Å². The fourth-order valence-electron chi connectivity index (χ4n) is 3.53. The monoisotopic (exact) mass is 465 g/mol. The molecule has 1 amide bonds. The SMILES string of the molecule is Cc1c(O[C@H](c2ccc(C(N)=O)cc2)c2cccc(Br)c2)ccc2c1OCCC2=O. The highest BCUT2D eigenvalue weighted by Crippen LogP contribution is 2.38. The summed E-state index contributed by atoms with van der Waals surface area (Å²) >= 11 is 3.52. The van der Waals surface area contributed by atoms with Crippen molar-refractivity contribution in [3.8, 4) is 11.5 Å². The number of carbonyl (C=O) groups excluding carboxylic acids is 2. The molecule has 152 valence electrons. The van der Waals surface area contributed by atoms with E-state index < -0.39 is 12.0 Å². The molecule has 1 aliphatic rings. The number of primary amides is 1. The van der Waals surface area contributed by atoms with Crippen LogP contribution in [0.5, 0.6) is 11.5 Å². The van der Waals surface area contributed by atoms with E-state index in [1.807, 2.05) is 49.4 Å². The van der Waals surface area contributed by atoms with Gasteiger partial charge in [-0.15, -0.1) is 0 Å². The molecule has 0 fully saturated rings. The second-order valence-electron chi connectivity index (χ2n) is 7.13. The van der Waals surface area contributed by atoms with Gasteiger partial charge in [0.25, 0.3) is 0 Å². The third kappa shape index (κ3) is 3.96. The Labute approximate surface area is 182 Å². The van der Waals surface area contributed by atoms with Crippen LogP contribution in [0, 0.1) is 6.92 Å². The third-order valence-corrected chi connectivity index (χ3v) is 5.62. The first kappa shape index (κ1) is 20.2. The van der Waals surface area contributed by atoms with Crippen molar-refractivity contribution in [1.29, 1.82) is 0 Å². The summed E-state index contributed by atoms with van der Waals surface area (Å²) < 4.78 is 13.1. The highest BCUT2D eigenvalue weighted by Gasteiger charge is 2.24. The van der Waals surface area contributed by atoms with Gasteiger partial charge in [-0.1, -0.05) is 40.2 Å². The minimum Gasteiger partial charge on any atom is -0.492 e. The van der Waals surface area contributed by atoms with E-state index in [4.69, 9.17) is 15.2 Å². The second kappa shape index (κ2) is 8.32. The van der Waals surface area contributed by atoms with Crippen LogP contribution in [0.4, 0.5) is 0 Å². The highest BCUT2D eigenvalue weighted by molar-refractivity contribution is 9.10. The first-order chi connectivity index (χ1) is 14.4. The summed E-state index contributed by atoms with van der Waals surface area (Å²) in [6.45, 7) is 2.26. The molecule has 0 unspecified atom stereocenters. The lowest BCUT2D eigenvalue weighted by atomic mass is 9.98. The number of ketones is 1. The Bertz CT molecular complexity index is 1120. The maximum atomic E-state index is 12.2. The molecular weight excluding hydrogens is 446 g/mol. The van der Waals surface area contributed by atoms with Gasteiger partial charge in [-0.25, -0.2) is 0 Å². The van der Waals surface area contributed by atoms with Crippen molar-refractivity contribution in [1.82, 2.24) is 0 Å². The molecule has 0 aliphatic carbocycles. The van der Waals surface area contributed by atoms with Crippen LogP contribution in [-0.2, 0) is 0 Å². The summed E-state index contributed by atoms with van der Waals surface area (Å²) in [4.78, 5) is 23.6. The number of ether oxygens (including phenoxy) is 2. The quantitative estimate of drug-likeness (QED) is 0.575. The predicted octanol–water partition coefficient (Wildman–Crippen LogP) is 4.99. The topological polar surface area (TPSA) is 78.6 Å². The van der Waals surface area contributed by atoms with Crippen LogP contribution in [0.2, 0.25) is 0 Å². The van der Waals surface area contributed by atoms with E-state index in [2.05, 4.69) is 15.9 Å². The molecule has 30 heavy (non-hydrogen) atoms. The van der Waals surface area contributed by atoms with E-state index in [1.54, 1.807) is 18.2 Å². The molecule has 0 bridgehead atoms. The first-order valence-corrected chi connectivity index (χ1v) is 10.3. The third-order valence-electron chi connectivity index (χ3n) is 5.13. The molecule has 3 aromatic carbocycles. The van der Waals surface area contributed by atoms with E-state index in [-0.39, 0.29) is 5.78 Å². The fraction of sp³-hybridized carbons (Fsp3) is 0.167. The van der Waals surface area contributed by atoms with Gasteiger partial charge in [0.1, 0.15) is 17.6 Å². The Hall–Kier alpha value is -3.12. The lowest BCUT2D eigenvalue weighted by Crippen LogP contribution is -2.17. The van der Waals surface area contributed by atoms with Crippen LogP contribution in [0.25, 0.3) is 0 Å². The number of nitrogens with two attached hydrogens (primary N) is 1. The lowest BCUT2D eigenvalue weighted by Gasteiger charge is -2.25. The van der Waals surface area contributed by atoms with Gasteiger partial charge in [0.15, 0.2) is 5.78 Å². The van der Waals surface area contributed by atoms with Crippen molar-refractivity contribution < 1.29 is 19.1 Å². The normalized spacial score (nSPS) is 13.9. The Morgan fingerprint density at radius 2 is 1.87 bits per heavy atom. The Morgan fingerprint density at radius 1 is 1.10 bits per heavy atom. The van der Waals surface area contributed by atoms with E-state index in [0.717, 1.165) is 21.2 Å². The average molecular weight is 466 g/mol. The zero-order chi connectivity index (χ0) is 21.3. The fourth-order valence-corrected chi connectivity index (χ4v) is 3.95. The van der Waals surface area contributed by atoms with Crippen LogP contribution >= 0.6 is 15.9 Å². The summed E-state index contributed by atoms with van der Waals surface area (Å²) in [5, 5.41) is 0. The summed E-state index contributed by atoms with van der Waals surface area (Å²) in [5.41, 5.74) is 8.99. The standard InChI is InChI=1S/C24H20BrNO4/c1-14-21(10-9-19-20(27)11-12-29-22(14)19)30-23(17-3-2-4-18(25)13-17)15-5-7-16(8-6-15)24(26)28/h2-10,13,23H,11-12H2,1H3,(H2,26,28)/t23-/m1/s1. The first-order valence-electron chi connectivity index (χ1n) is 9.55. The van der Waals surface area contributed by atoms with E-state index in [9.17, 15) is 9.59 Å². The average Bonchev–Trinajstić information content (AvgIpc) is 2.74. The zero-order valence-electron chi connectivity index (χ0n) is 16.4. The van der Waals surface area contributed by atoms with Crippen LogP contribution in [0.15, 0.2) is 65.1 Å². The van der Waals surface area contributed by atoms with Gasteiger partial charge < -0.3 is 15.2 Å². The van der Waals surface area contributed by atoms with Gasteiger partial charge in [0.2, 0.25) is 5.91 Å². The molecule has 2 N–H and O–H groups in total. The molecule has 6 heteroatoms. The maximum Gasteiger partial charge on any atom is 0.248 e. The van der Waals surface area contributed by atoms with Crippen molar-refractivity contribution in [2.45, 2.75) is 19.4 Å². The zero-order valence-corrected chi connectivity index (χ0v) is 17.9. The Kier molecular flexibility index (Phi) is 5.59. The van der Waals surface area contributed by atoms with Gasteiger partial charge in [0.05, 0.1) is 12.2 Å². The Morgan fingerprint density at radius 3 is 2.57 bits per heavy atom. The van der Waals surface area contributed by atoms with E-state index >= 15 is 0 Å². The number of halogens is 1. The molecule has 1 atom stereocenters. The number of fused-ring (bicyclic) bond motifs is 1. The lowest BCUT2D eigenvalue weighted by molar-refractivity contribution is 0.0931. The van der Waals surface area contributed by atoms with Gasteiger partial charge in [-0.3, -0.25) is 9.59 Å². The van der Waals surface area contributed by atoms with Crippen molar-refractivity contribution in [2.24, 2.45) is 5.73 Å². The molecule has 4 rings (SSSR count). The van der Waals surface area contributed by atoms with Gasteiger partial charge in [0, 0.05) is 22.0 Å². The number of Topliss-reactive ketones (excluding diaryl/α,β-unsaturated/α-hetero) is 1. The number of amides is 1. The predicted molar refractivity (Wildman–Crippen MR) is 117 cm³/mol. The molecule has 0 saturated carbocycles.